The topological polar surface area (TPSA) is 40.8 Å². The highest BCUT2D eigenvalue weighted by Gasteiger charge is 2.32. The molecule has 0 unspecified atom stereocenters. The molecule has 1 aromatic heterocycles. The van der Waals surface area contributed by atoms with Gasteiger partial charge in [0.15, 0.2) is 35.2 Å². The van der Waals surface area contributed by atoms with Gasteiger partial charge in [-0.1, -0.05) is 6.08 Å². The van der Waals surface area contributed by atoms with Gasteiger partial charge in [-0.05, 0) is 35.9 Å². The Morgan fingerprint density at radius 3 is 2.61 bits per heavy atom. The molecule has 5 nitrogen and oxygen atoms in total. The average molecular weight is 480 g/mol. The van der Waals surface area contributed by atoms with Crippen LogP contribution >= 0.6 is 0 Å². The summed E-state index contributed by atoms with van der Waals surface area (Å²) >= 11 is 0. The lowest BCUT2D eigenvalue weighted by Gasteiger charge is -2.20. The first kappa shape index (κ1) is 19.9. The molecule has 0 amide bonds. The molecule has 2 aliphatic rings. The average Bonchev–Trinajstić information content (AvgIpc) is 3.26. The quantitative estimate of drug-likeness (QED) is 0.252. The molecule has 0 saturated carbocycles. The van der Waals surface area contributed by atoms with Crippen molar-refractivity contribution in [3.05, 3.63) is 54.2 Å². The second kappa shape index (κ2) is 7.31. The third-order valence-corrected chi connectivity index (χ3v) is 6.35. The van der Waals surface area contributed by atoms with Gasteiger partial charge in [0.2, 0.25) is 12.3 Å². The largest absolute Gasteiger partial charge is 1.00 e. The van der Waals surface area contributed by atoms with Crippen LogP contribution in [0.1, 0.15) is 11.3 Å². The van der Waals surface area contributed by atoms with Crippen LogP contribution in [-0.4, -0.2) is 21.0 Å². The second-order valence-electron chi connectivity index (χ2n) is 7.72. The van der Waals surface area contributed by atoms with Crippen molar-refractivity contribution >= 4 is 32.4 Å². The molecule has 4 aromatic rings. The molecular formula is C25H22BrNO4. The molecule has 0 spiro atoms. The van der Waals surface area contributed by atoms with Crippen molar-refractivity contribution in [3.8, 4) is 23.0 Å². The minimum atomic E-state index is 0. The van der Waals surface area contributed by atoms with Gasteiger partial charge in [0, 0.05) is 17.2 Å². The summed E-state index contributed by atoms with van der Waals surface area (Å²) in [5.41, 5.74) is 3.74. The van der Waals surface area contributed by atoms with Crippen LogP contribution in [0.3, 0.4) is 0 Å². The van der Waals surface area contributed by atoms with E-state index in [-0.39, 0.29) is 23.8 Å². The van der Waals surface area contributed by atoms with Crippen LogP contribution in [0.2, 0.25) is 0 Å². The molecule has 0 fully saturated rings. The van der Waals surface area contributed by atoms with Crippen molar-refractivity contribution in [1.82, 2.24) is 0 Å². The predicted octanol–water partition coefficient (Wildman–Crippen LogP) is 1.47. The summed E-state index contributed by atoms with van der Waals surface area (Å²) in [6.45, 7) is 5.19. The van der Waals surface area contributed by atoms with Gasteiger partial charge in [-0.3, -0.25) is 0 Å². The predicted molar refractivity (Wildman–Crippen MR) is 116 cm³/mol. The van der Waals surface area contributed by atoms with E-state index in [0.29, 0.717) is 0 Å². The number of pyridine rings is 1. The first-order valence-corrected chi connectivity index (χ1v) is 10.1. The maximum Gasteiger partial charge on any atom is 0.231 e. The van der Waals surface area contributed by atoms with Crippen LogP contribution in [0.5, 0.6) is 23.0 Å². The number of aromatic nitrogens is 1. The van der Waals surface area contributed by atoms with Gasteiger partial charge in [-0.15, -0.1) is 6.58 Å². The number of aryl methyl sites for hydroxylation is 2. The number of halogens is 1. The van der Waals surface area contributed by atoms with Crippen LogP contribution < -0.4 is 40.5 Å². The SMILES string of the molecule is C=CCc1c2c(OC)c(OC)ccc2c2ccc3c4c(cc5c3c2[n+]1CC5)OCO4.[Br-]. The summed E-state index contributed by atoms with van der Waals surface area (Å²) in [4.78, 5) is 0. The van der Waals surface area contributed by atoms with Gasteiger partial charge in [-0.25, -0.2) is 0 Å². The summed E-state index contributed by atoms with van der Waals surface area (Å²) in [7, 11) is 3.38. The highest BCUT2D eigenvalue weighted by Crippen LogP contribution is 2.46. The molecular weight excluding hydrogens is 458 g/mol. The van der Waals surface area contributed by atoms with Crippen molar-refractivity contribution in [2.24, 2.45) is 0 Å². The lowest BCUT2D eigenvalue weighted by molar-refractivity contribution is -0.676. The molecule has 31 heavy (non-hydrogen) atoms. The Labute approximate surface area is 190 Å². The summed E-state index contributed by atoms with van der Waals surface area (Å²) in [6, 6.07) is 10.6. The zero-order valence-corrected chi connectivity index (χ0v) is 19.0. The molecule has 0 bridgehead atoms. The van der Waals surface area contributed by atoms with Gasteiger partial charge in [0.25, 0.3) is 0 Å². The zero-order valence-electron chi connectivity index (χ0n) is 17.5. The number of rotatable bonds is 4. The first-order valence-electron chi connectivity index (χ1n) is 10.1. The monoisotopic (exact) mass is 479 g/mol. The maximum absolute atomic E-state index is 5.84. The fraction of sp³-hybridized carbons (Fsp3) is 0.240. The molecule has 2 aliphatic heterocycles. The van der Waals surface area contributed by atoms with E-state index in [0.717, 1.165) is 58.5 Å². The van der Waals surface area contributed by atoms with Crippen molar-refractivity contribution in [2.75, 3.05) is 21.0 Å². The maximum atomic E-state index is 5.84. The van der Waals surface area contributed by atoms with Gasteiger partial charge in [0.1, 0.15) is 0 Å². The molecule has 0 radical (unpaired) electrons. The standard InChI is InChI=1S/C25H22NO4.BrH/c1-4-5-18-22-15(8-9-19(27-2)25(22)28-3)16-6-7-17-21-14(10-11-26(18)23(16)21)12-20-24(17)30-13-29-20;/h4,6-9,12H,1,5,10-11,13H2,2-3H3;1H/q+1;/p-1. The Kier molecular flexibility index (Phi) is 4.70. The highest BCUT2D eigenvalue weighted by atomic mass is 79.9. The summed E-state index contributed by atoms with van der Waals surface area (Å²) < 4.78 is 25.4. The minimum absolute atomic E-state index is 0. The smallest absolute Gasteiger partial charge is 0.231 e. The second-order valence-corrected chi connectivity index (χ2v) is 7.72. The van der Waals surface area contributed by atoms with E-state index in [9.17, 15) is 0 Å². The number of hydrogen-bond acceptors (Lipinski definition) is 4. The van der Waals surface area contributed by atoms with Crippen LogP contribution in [0, 0.1) is 0 Å². The number of fused-ring (bicyclic) bond motifs is 4. The number of hydrogen-bond donors (Lipinski definition) is 0. The van der Waals surface area contributed by atoms with E-state index in [2.05, 4.69) is 35.4 Å². The molecule has 158 valence electrons. The van der Waals surface area contributed by atoms with Gasteiger partial charge < -0.3 is 35.9 Å². The molecule has 6 rings (SSSR count). The van der Waals surface area contributed by atoms with Crippen LogP contribution in [0.25, 0.3) is 32.4 Å². The van der Waals surface area contributed by atoms with Crippen molar-refractivity contribution in [2.45, 2.75) is 19.4 Å². The van der Waals surface area contributed by atoms with E-state index in [1.807, 2.05) is 12.1 Å². The lowest BCUT2D eigenvalue weighted by atomic mass is 9.91. The van der Waals surface area contributed by atoms with E-state index < -0.39 is 0 Å². The van der Waals surface area contributed by atoms with E-state index in [1.165, 1.54) is 27.5 Å². The normalized spacial score (nSPS) is 13.6. The van der Waals surface area contributed by atoms with Crippen molar-refractivity contribution < 1.29 is 40.5 Å². The van der Waals surface area contributed by atoms with Gasteiger partial charge in [-0.2, -0.15) is 4.57 Å². The molecule has 0 N–H and O–H groups in total. The van der Waals surface area contributed by atoms with Crippen molar-refractivity contribution in [3.63, 3.8) is 0 Å². The van der Waals surface area contributed by atoms with E-state index >= 15 is 0 Å². The van der Waals surface area contributed by atoms with E-state index in [4.69, 9.17) is 18.9 Å². The fourth-order valence-corrected chi connectivity index (χ4v) is 5.17. The molecule has 0 aliphatic carbocycles. The molecule has 3 aromatic carbocycles. The van der Waals surface area contributed by atoms with Gasteiger partial charge in [0.05, 0.1) is 36.8 Å². The highest BCUT2D eigenvalue weighted by molar-refractivity contribution is 6.17. The molecule has 3 heterocycles. The zero-order chi connectivity index (χ0) is 20.4. The number of allylic oxidation sites excluding steroid dienone is 1. The van der Waals surface area contributed by atoms with Gasteiger partial charge >= 0.3 is 0 Å². The Morgan fingerprint density at radius 2 is 1.84 bits per heavy atom. The Hall–Kier alpha value is -2.99. The molecule has 6 heteroatoms. The van der Waals surface area contributed by atoms with E-state index in [1.54, 1.807) is 14.2 Å². The number of benzene rings is 3. The molecule has 0 saturated heterocycles. The Balaban J connectivity index is 0.00000204. The summed E-state index contributed by atoms with van der Waals surface area (Å²) in [5, 5.41) is 5.82. The fourth-order valence-electron chi connectivity index (χ4n) is 5.17. The Bertz CT molecular complexity index is 1400. The van der Waals surface area contributed by atoms with Crippen LogP contribution in [0.4, 0.5) is 0 Å². The number of ether oxygens (including phenoxy) is 4. The van der Waals surface area contributed by atoms with Crippen molar-refractivity contribution in [1.29, 1.82) is 0 Å². The third kappa shape index (κ3) is 2.57. The minimum Gasteiger partial charge on any atom is -1.00 e. The summed E-state index contributed by atoms with van der Waals surface area (Å²) in [5.74, 6) is 3.21. The van der Waals surface area contributed by atoms with Crippen LogP contribution in [-0.2, 0) is 19.4 Å². The first-order chi connectivity index (χ1) is 14.8. The third-order valence-electron chi connectivity index (χ3n) is 6.35. The molecule has 0 atom stereocenters. The Morgan fingerprint density at radius 1 is 1.03 bits per heavy atom. The number of nitrogens with zero attached hydrogens (tertiary/aromatic N) is 1. The lowest BCUT2D eigenvalue weighted by Crippen LogP contribution is -3.00. The number of methoxy groups -OCH3 is 2. The van der Waals surface area contributed by atoms with Crippen LogP contribution in [0.15, 0.2) is 43.0 Å². The summed E-state index contributed by atoms with van der Waals surface area (Å²) in [6.07, 6.45) is 3.64.